The van der Waals surface area contributed by atoms with E-state index in [2.05, 4.69) is 20.4 Å². The maximum Gasteiger partial charge on any atom is 0.158 e. The molecule has 3 heterocycles. The maximum absolute atomic E-state index is 10.2. The predicted octanol–water partition coefficient (Wildman–Crippen LogP) is 4.94. The molecule has 1 saturated carbocycles. The van der Waals surface area contributed by atoms with Crippen molar-refractivity contribution < 1.29 is 28.8 Å². The van der Waals surface area contributed by atoms with Crippen LogP contribution in [0.3, 0.4) is 0 Å². The summed E-state index contributed by atoms with van der Waals surface area (Å²) in [5.74, 6) is 0.661. The second-order valence-corrected chi connectivity index (χ2v) is 10.3. The van der Waals surface area contributed by atoms with Crippen molar-refractivity contribution in [1.82, 2.24) is 0 Å². The molecule has 4 aliphatic rings. The highest BCUT2D eigenvalue weighted by molar-refractivity contribution is 5.18. The van der Waals surface area contributed by atoms with Gasteiger partial charge >= 0.3 is 0 Å². The third kappa shape index (κ3) is 5.94. The smallest absolute Gasteiger partial charge is 0.158 e. The topological polar surface area (TPSA) is 66.4 Å². The van der Waals surface area contributed by atoms with E-state index in [-0.39, 0.29) is 42.7 Å². The Balaban J connectivity index is 1.51. The van der Waals surface area contributed by atoms with Crippen molar-refractivity contribution in [2.45, 2.75) is 122 Å². The molecule has 0 spiro atoms. The average molecular weight is 453 g/mol. The minimum Gasteiger partial charge on any atom is -0.368 e. The zero-order valence-corrected chi connectivity index (χ0v) is 20.1. The van der Waals surface area contributed by atoms with Gasteiger partial charge < -0.3 is 28.8 Å². The highest BCUT2D eigenvalue weighted by Crippen LogP contribution is 2.49. The van der Waals surface area contributed by atoms with E-state index in [0.29, 0.717) is 12.3 Å². The first kappa shape index (κ1) is 24.6. The molecule has 1 N–H and O–H groups in total. The minimum atomic E-state index is -0.689. The normalized spacial score (nSPS) is 39.5. The van der Waals surface area contributed by atoms with Crippen LogP contribution in [-0.4, -0.2) is 55.5 Å². The Morgan fingerprint density at radius 1 is 1.06 bits per heavy atom. The van der Waals surface area contributed by atoms with Crippen LogP contribution >= 0.6 is 0 Å². The summed E-state index contributed by atoms with van der Waals surface area (Å²) in [7, 11) is 0. The van der Waals surface area contributed by atoms with Crippen LogP contribution in [0.4, 0.5) is 0 Å². The summed E-state index contributed by atoms with van der Waals surface area (Å²) in [6.07, 6.45) is 10.2. The number of hydrogen-bond donors (Lipinski definition) is 1. The standard InChI is InChI=1S/C26H44O6/c1-4-5-10-17(2)26(32-24-12-7-9-14-29-24)18(3)25-19-15-22(27)30-20(19)16-21(25)31-23-11-6-8-13-28-23/h17,19-27H,3-16H2,1-2H3/t17-,19?,20?,21?,22?,23?,24?,25?,26-/m1/s1. The van der Waals surface area contributed by atoms with Crippen LogP contribution in [-0.2, 0) is 23.7 Å². The van der Waals surface area contributed by atoms with Gasteiger partial charge in [0.05, 0.1) is 18.3 Å². The lowest BCUT2D eigenvalue weighted by atomic mass is 9.79. The van der Waals surface area contributed by atoms with Crippen LogP contribution in [0.5, 0.6) is 0 Å². The molecule has 32 heavy (non-hydrogen) atoms. The lowest BCUT2D eigenvalue weighted by molar-refractivity contribution is -0.205. The quantitative estimate of drug-likeness (QED) is 0.474. The van der Waals surface area contributed by atoms with E-state index < -0.39 is 6.29 Å². The summed E-state index contributed by atoms with van der Waals surface area (Å²) in [5, 5.41) is 10.2. The number of ether oxygens (including phenoxy) is 5. The van der Waals surface area contributed by atoms with Crippen LogP contribution in [0.15, 0.2) is 12.2 Å². The number of aliphatic hydroxyl groups is 1. The Kier molecular flexibility index (Phi) is 9.05. The van der Waals surface area contributed by atoms with E-state index in [9.17, 15) is 5.11 Å². The van der Waals surface area contributed by atoms with Crippen LogP contribution in [0, 0.1) is 17.8 Å². The first-order valence-electron chi connectivity index (χ1n) is 13.1. The third-order valence-corrected chi connectivity index (χ3v) is 7.83. The Morgan fingerprint density at radius 3 is 2.44 bits per heavy atom. The van der Waals surface area contributed by atoms with Gasteiger partial charge in [0.15, 0.2) is 18.9 Å². The second-order valence-electron chi connectivity index (χ2n) is 10.3. The fourth-order valence-corrected chi connectivity index (χ4v) is 6.11. The van der Waals surface area contributed by atoms with Gasteiger partial charge in [-0.3, -0.25) is 0 Å². The summed E-state index contributed by atoms with van der Waals surface area (Å²) in [6, 6.07) is 0. The summed E-state index contributed by atoms with van der Waals surface area (Å²) >= 11 is 0. The minimum absolute atomic E-state index is 0.00940. The fraction of sp³-hybridized carbons (Fsp3) is 0.923. The molecule has 9 atom stereocenters. The predicted molar refractivity (Wildman–Crippen MR) is 122 cm³/mol. The van der Waals surface area contributed by atoms with Gasteiger partial charge in [0.2, 0.25) is 0 Å². The van der Waals surface area contributed by atoms with E-state index >= 15 is 0 Å². The Hall–Kier alpha value is -0.500. The summed E-state index contributed by atoms with van der Waals surface area (Å²) < 4.78 is 30.9. The number of aliphatic hydroxyl groups excluding tert-OH is 1. The monoisotopic (exact) mass is 452 g/mol. The molecule has 4 fully saturated rings. The van der Waals surface area contributed by atoms with Gasteiger partial charge in [-0.05, 0) is 62.4 Å². The highest BCUT2D eigenvalue weighted by Gasteiger charge is 2.53. The maximum atomic E-state index is 10.2. The summed E-state index contributed by atoms with van der Waals surface area (Å²) in [5.41, 5.74) is 1.09. The van der Waals surface area contributed by atoms with Crippen molar-refractivity contribution in [2.24, 2.45) is 17.8 Å². The van der Waals surface area contributed by atoms with Crippen LogP contribution < -0.4 is 0 Å². The zero-order valence-electron chi connectivity index (χ0n) is 20.1. The van der Waals surface area contributed by atoms with Crippen molar-refractivity contribution in [3.63, 3.8) is 0 Å². The summed E-state index contributed by atoms with van der Waals surface area (Å²) in [4.78, 5) is 0. The lowest BCUT2D eigenvalue weighted by Crippen LogP contribution is -2.39. The van der Waals surface area contributed by atoms with Crippen LogP contribution in [0.2, 0.25) is 0 Å². The second kappa shape index (κ2) is 11.8. The van der Waals surface area contributed by atoms with Gasteiger partial charge in [-0.25, -0.2) is 0 Å². The van der Waals surface area contributed by atoms with Crippen molar-refractivity contribution in [3.8, 4) is 0 Å². The molecule has 0 aromatic rings. The summed E-state index contributed by atoms with van der Waals surface area (Å²) in [6.45, 7) is 10.7. The molecule has 3 aliphatic heterocycles. The molecular weight excluding hydrogens is 408 g/mol. The first-order chi connectivity index (χ1) is 15.6. The Bertz CT molecular complexity index is 585. The number of fused-ring (bicyclic) bond motifs is 1. The number of rotatable bonds is 10. The Labute approximate surface area is 194 Å². The fourth-order valence-electron chi connectivity index (χ4n) is 6.11. The lowest BCUT2D eigenvalue weighted by Gasteiger charge is -2.38. The van der Waals surface area contributed by atoms with Gasteiger partial charge in [-0.1, -0.05) is 33.3 Å². The molecule has 6 nitrogen and oxygen atoms in total. The molecule has 7 unspecified atom stereocenters. The molecule has 0 amide bonds. The molecule has 0 aromatic carbocycles. The number of unbranched alkanes of at least 4 members (excludes halogenated alkanes) is 1. The average Bonchev–Trinajstić information content (AvgIpc) is 3.31. The van der Waals surface area contributed by atoms with E-state index in [4.69, 9.17) is 23.7 Å². The molecule has 6 heteroatoms. The third-order valence-electron chi connectivity index (χ3n) is 7.83. The van der Waals surface area contributed by atoms with Crippen molar-refractivity contribution in [1.29, 1.82) is 0 Å². The molecule has 184 valence electrons. The van der Waals surface area contributed by atoms with Crippen molar-refractivity contribution >= 4 is 0 Å². The largest absolute Gasteiger partial charge is 0.368 e. The Morgan fingerprint density at radius 2 is 1.78 bits per heavy atom. The SMILES string of the molecule is C=C(C1C(OC2CCCCO2)CC2OC(O)CC21)[C@H](OC1CCCCO1)[C@H](C)CCCC. The molecule has 0 radical (unpaired) electrons. The van der Waals surface area contributed by atoms with Crippen LogP contribution in [0.25, 0.3) is 0 Å². The molecule has 0 bridgehead atoms. The van der Waals surface area contributed by atoms with E-state index in [0.717, 1.165) is 70.2 Å². The van der Waals surface area contributed by atoms with Gasteiger partial charge in [-0.15, -0.1) is 0 Å². The van der Waals surface area contributed by atoms with E-state index in [1.165, 1.54) is 12.8 Å². The van der Waals surface area contributed by atoms with Gasteiger partial charge in [-0.2, -0.15) is 0 Å². The molecule has 4 rings (SSSR count). The molecule has 1 aliphatic carbocycles. The number of hydrogen-bond acceptors (Lipinski definition) is 6. The van der Waals surface area contributed by atoms with Crippen LogP contribution in [0.1, 0.15) is 84.5 Å². The van der Waals surface area contributed by atoms with Gasteiger partial charge in [0, 0.05) is 32.0 Å². The van der Waals surface area contributed by atoms with Crippen molar-refractivity contribution in [3.05, 3.63) is 12.2 Å². The zero-order chi connectivity index (χ0) is 22.5. The molecule has 3 saturated heterocycles. The van der Waals surface area contributed by atoms with Crippen molar-refractivity contribution in [2.75, 3.05) is 13.2 Å². The van der Waals surface area contributed by atoms with E-state index in [1.54, 1.807) is 0 Å². The van der Waals surface area contributed by atoms with Gasteiger partial charge in [0.25, 0.3) is 0 Å². The first-order valence-corrected chi connectivity index (χ1v) is 13.1. The molecular formula is C26H44O6. The van der Waals surface area contributed by atoms with Gasteiger partial charge in [0.1, 0.15) is 0 Å². The van der Waals surface area contributed by atoms with E-state index in [1.807, 2.05) is 0 Å². The molecule has 0 aromatic heterocycles. The highest BCUT2D eigenvalue weighted by atomic mass is 16.7.